The Balaban J connectivity index is 1.63. The van der Waals surface area contributed by atoms with Gasteiger partial charge in [-0.2, -0.15) is 0 Å². The van der Waals surface area contributed by atoms with E-state index in [0.29, 0.717) is 10.7 Å². The highest BCUT2D eigenvalue weighted by molar-refractivity contribution is 6.33. The van der Waals surface area contributed by atoms with Crippen LogP contribution in [-0.2, 0) is 4.79 Å². The minimum Gasteiger partial charge on any atom is -0.465 e. The molecule has 4 aromatic rings. The van der Waals surface area contributed by atoms with Gasteiger partial charge in [0.1, 0.15) is 6.04 Å². The Bertz CT molecular complexity index is 1230. The second-order valence-electron chi connectivity index (χ2n) is 7.65. The van der Waals surface area contributed by atoms with Crippen LogP contribution in [0, 0.1) is 0 Å². The Hall–Kier alpha value is -4.16. The van der Waals surface area contributed by atoms with Crippen molar-refractivity contribution in [1.29, 1.82) is 0 Å². The number of carboxylic acid groups (broad SMARTS) is 1. The van der Waals surface area contributed by atoms with Crippen LogP contribution in [0.25, 0.3) is 11.1 Å². The number of hydrogen-bond donors (Lipinski definition) is 3. The molecule has 1 heterocycles. The third kappa shape index (κ3) is 5.42. The fraction of sp³-hybridized carbons (Fsp3) is 0.0741. The van der Waals surface area contributed by atoms with Gasteiger partial charge in [0.25, 0.3) is 0 Å². The van der Waals surface area contributed by atoms with Crippen molar-refractivity contribution < 1.29 is 14.7 Å². The molecule has 0 aliphatic carbocycles. The predicted octanol–water partition coefficient (Wildman–Crippen LogP) is 5.81. The number of aromatic nitrogens is 1. The van der Waals surface area contributed by atoms with Crippen LogP contribution in [-0.4, -0.2) is 28.1 Å². The summed E-state index contributed by atoms with van der Waals surface area (Å²) in [4.78, 5) is 29.0. The minimum atomic E-state index is -1.28. The van der Waals surface area contributed by atoms with Gasteiger partial charge in [0.2, 0.25) is 5.91 Å². The Morgan fingerprint density at radius 1 is 0.824 bits per heavy atom. The molecule has 3 aromatic carbocycles. The van der Waals surface area contributed by atoms with Crippen LogP contribution < -0.4 is 10.6 Å². The summed E-state index contributed by atoms with van der Waals surface area (Å²) >= 11 is 6.23. The summed E-state index contributed by atoms with van der Waals surface area (Å²) in [7, 11) is 0. The number of hydrogen-bond acceptors (Lipinski definition) is 3. The maximum atomic E-state index is 13.4. The standard InChI is InChI=1S/C27H22ClN3O3/c28-23-17-29-16-15-22(23)18-11-13-21(14-12-18)30-26(32)25(31-27(33)34)24(19-7-3-1-4-8-19)20-9-5-2-6-10-20/h1-17,24-25,31H,(H,30,32)(H,33,34). The number of pyridine rings is 1. The molecule has 0 aliphatic rings. The molecule has 1 aromatic heterocycles. The quantitative estimate of drug-likeness (QED) is 0.317. The second-order valence-corrected chi connectivity index (χ2v) is 8.06. The van der Waals surface area contributed by atoms with E-state index in [1.807, 2.05) is 78.9 Å². The van der Waals surface area contributed by atoms with Crippen LogP contribution in [0.4, 0.5) is 10.5 Å². The first kappa shape index (κ1) is 23.0. The molecule has 0 aliphatic heterocycles. The van der Waals surface area contributed by atoms with Crippen LogP contribution in [0.2, 0.25) is 5.02 Å². The molecule has 0 fully saturated rings. The average Bonchev–Trinajstić information content (AvgIpc) is 2.86. The number of carbonyl (C=O) groups is 2. The van der Waals surface area contributed by atoms with Crippen LogP contribution in [0.1, 0.15) is 17.0 Å². The number of amides is 2. The molecule has 0 spiro atoms. The van der Waals surface area contributed by atoms with Crippen molar-refractivity contribution >= 4 is 29.3 Å². The van der Waals surface area contributed by atoms with Crippen molar-refractivity contribution in [3.63, 3.8) is 0 Å². The van der Waals surface area contributed by atoms with Gasteiger partial charge >= 0.3 is 6.09 Å². The molecule has 4 rings (SSSR count). The first-order valence-corrected chi connectivity index (χ1v) is 11.0. The second kappa shape index (κ2) is 10.6. The number of halogens is 1. The highest BCUT2D eigenvalue weighted by atomic mass is 35.5. The maximum absolute atomic E-state index is 13.4. The summed E-state index contributed by atoms with van der Waals surface area (Å²) in [5.41, 5.74) is 3.89. The summed E-state index contributed by atoms with van der Waals surface area (Å²) in [6.07, 6.45) is 1.95. The van der Waals surface area contributed by atoms with Crippen molar-refractivity contribution in [2.75, 3.05) is 5.32 Å². The molecule has 0 radical (unpaired) electrons. The number of anilines is 1. The van der Waals surface area contributed by atoms with E-state index in [1.165, 1.54) is 0 Å². The van der Waals surface area contributed by atoms with Crippen molar-refractivity contribution in [3.05, 3.63) is 120 Å². The summed E-state index contributed by atoms with van der Waals surface area (Å²) in [6.45, 7) is 0. The van der Waals surface area contributed by atoms with E-state index in [9.17, 15) is 14.7 Å². The predicted molar refractivity (Wildman–Crippen MR) is 133 cm³/mol. The van der Waals surface area contributed by atoms with Crippen molar-refractivity contribution in [2.45, 2.75) is 12.0 Å². The molecule has 34 heavy (non-hydrogen) atoms. The van der Waals surface area contributed by atoms with Crippen LogP contribution in [0.3, 0.4) is 0 Å². The summed E-state index contributed by atoms with van der Waals surface area (Å²) < 4.78 is 0. The number of benzene rings is 3. The minimum absolute atomic E-state index is 0.463. The van der Waals surface area contributed by atoms with E-state index in [0.717, 1.165) is 22.3 Å². The van der Waals surface area contributed by atoms with Crippen LogP contribution >= 0.6 is 11.6 Å². The van der Waals surface area contributed by atoms with Gasteiger partial charge in [-0.3, -0.25) is 9.78 Å². The van der Waals surface area contributed by atoms with Crippen molar-refractivity contribution in [2.24, 2.45) is 0 Å². The number of rotatable bonds is 7. The number of nitrogens with one attached hydrogen (secondary N) is 2. The lowest BCUT2D eigenvalue weighted by molar-refractivity contribution is -0.118. The molecular formula is C27H22ClN3O3. The number of carbonyl (C=O) groups excluding carboxylic acids is 1. The summed E-state index contributed by atoms with van der Waals surface area (Å²) in [6, 6.07) is 26.7. The fourth-order valence-corrected chi connectivity index (χ4v) is 4.12. The molecule has 1 unspecified atom stereocenters. The van der Waals surface area contributed by atoms with Gasteiger partial charge in [-0.05, 0) is 34.9 Å². The molecule has 1 atom stereocenters. The molecule has 2 amide bonds. The van der Waals surface area contributed by atoms with E-state index in [-0.39, 0.29) is 0 Å². The molecule has 3 N–H and O–H groups in total. The third-order valence-corrected chi connectivity index (χ3v) is 5.75. The largest absolute Gasteiger partial charge is 0.465 e. The Morgan fingerprint density at radius 3 is 1.94 bits per heavy atom. The normalized spacial score (nSPS) is 11.6. The van der Waals surface area contributed by atoms with Gasteiger partial charge in [0, 0.05) is 29.6 Å². The van der Waals surface area contributed by atoms with Gasteiger partial charge in [0.05, 0.1) is 5.02 Å². The zero-order chi connectivity index (χ0) is 23.9. The number of nitrogens with zero attached hydrogens (tertiary/aromatic N) is 1. The van der Waals surface area contributed by atoms with E-state index in [1.54, 1.807) is 24.5 Å². The van der Waals surface area contributed by atoms with Crippen LogP contribution in [0.5, 0.6) is 0 Å². The first-order chi connectivity index (χ1) is 16.5. The van der Waals surface area contributed by atoms with Gasteiger partial charge < -0.3 is 15.7 Å². The average molecular weight is 472 g/mol. The SMILES string of the molecule is O=C(O)NC(C(=O)Nc1ccc(-c2ccncc2Cl)cc1)C(c1ccccc1)c1ccccc1. The van der Waals surface area contributed by atoms with E-state index in [4.69, 9.17) is 11.6 Å². The molecule has 0 bridgehead atoms. The van der Waals surface area contributed by atoms with E-state index in [2.05, 4.69) is 15.6 Å². The monoisotopic (exact) mass is 471 g/mol. The molecule has 170 valence electrons. The molecular weight excluding hydrogens is 450 g/mol. The highest BCUT2D eigenvalue weighted by Crippen LogP contribution is 2.30. The maximum Gasteiger partial charge on any atom is 0.405 e. The van der Waals surface area contributed by atoms with Gasteiger partial charge in [-0.25, -0.2) is 4.79 Å². The highest BCUT2D eigenvalue weighted by Gasteiger charge is 2.32. The van der Waals surface area contributed by atoms with Crippen LogP contribution in [0.15, 0.2) is 103 Å². The molecule has 7 heteroatoms. The van der Waals surface area contributed by atoms with Gasteiger partial charge in [-0.1, -0.05) is 84.4 Å². The Labute approximate surface area is 202 Å². The Morgan fingerprint density at radius 2 is 1.41 bits per heavy atom. The van der Waals surface area contributed by atoms with Gasteiger partial charge in [-0.15, -0.1) is 0 Å². The fourth-order valence-electron chi connectivity index (χ4n) is 3.89. The lowest BCUT2D eigenvalue weighted by atomic mass is 9.84. The topological polar surface area (TPSA) is 91.3 Å². The molecule has 6 nitrogen and oxygen atoms in total. The molecule has 0 saturated carbocycles. The Kier molecular flexibility index (Phi) is 7.20. The lowest BCUT2D eigenvalue weighted by Crippen LogP contribution is -2.47. The third-order valence-electron chi connectivity index (χ3n) is 5.45. The van der Waals surface area contributed by atoms with Crippen molar-refractivity contribution in [3.8, 4) is 11.1 Å². The summed E-state index contributed by atoms with van der Waals surface area (Å²) in [5.74, 6) is -0.983. The van der Waals surface area contributed by atoms with Gasteiger partial charge in [0.15, 0.2) is 0 Å². The first-order valence-electron chi connectivity index (χ1n) is 10.6. The van der Waals surface area contributed by atoms with E-state index < -0.39 is 24.0 Å². The lowest BCUT2D eigenvalue weighted by Gasteiger charge is -2.27. The zero-order valence-corrected chi connectivity index (χ0v) is 18.8. The zero-order valence-electron chi connectivity index (χ0n) is 18.1. The summed E-state index contributed by atoms with van der Waals surface area (Å²) in [5, 5.41) is 15.3. The molecule has 0 saturated heterocycles. The van der Waals surface area contributed by atoms with Crippen molar-refractivity contribution in [1.82, 2.24) is 10.3 Å². The smallest absolute Gasteiger partial charge is 0.405 e. The van der Waals surface area contributed by atoms with E-state index >= 15 is 0 Å².